The molecule has 19 heavy (non-hydrogen) atoms. The van der Waals surface area contributed by atoms with E-state index in [0.717, 1.165) is 10.2 Å². The van der Waals surface area contributed by atoms with Crippen LogP contribution in [0.2, 0.25) is 0 Å². The van der Waals surface area contributed by atoms with E-state index >= 15 is 0 Å². The van der Waals surface area contributed by atoms with Gasteiger partial charge >= 0.3 is 0 Å². The molecule has 0 spiro atoms. The van der Waals surface area contributed by atoms with Crippen LogP contribution in [0.1, 0.15) is 5.56 Å². The van der Waals surface area contributed by atoms with Crippen molar-refractivity contribution in [3.63, 3.8) is 0 Å². The SMILES string of the molecule is CNC(=O)C1COCCN1c1ccc(C#N)c(Br)c1. The lowest BCUT2D eigenvalue weighted by Gasteiger charge is -2.36. The normalized spacial score (nSPS) is 18.8. The van der Waals surface area contributed by atoms with Crippen LogP contribution >= 0.6 is 15.9 Å². The van der Waals surface area contributed by atoms with Gasteiger partial charge in [0.25, 0.3) is 0 Å². The van der Waals surface area contributed by atoms with Gasteiger partial charge in [-0.05, 0) is 34.1 Å². The molecule has 1 aliphatic rings. The minimum atomic E-state index is -0.335. The Morgan fingerprint density at radius 2 is 2.42 bits per heavy atom. The van der Waals surface area contributed by atoms with E-state index in [-0.39, 0.29) is 11.9 Å². The van der Waals surface area contributed by atoms with Gasteiger partial charge in [0.15, 0.2) is 0 Å². The molecule has 2 rings (SSSR count). The number of nitriles is 1. The summed E-state index contributed by atoms with van der Waals surface area (Å²) in [5, 5.41) is 11.6. The molecule has 1 fully saturated rings. The zero-order valence-corrected chi connectivity index (χ0v) is 12.1. The molecule has 1 aromatic rings. The summed E-state index contributed by atoms with van der Waals surface area (Å²) in [5.41, 5.74) is 1.48. The number of nitrogens with one attached hydrogen (secondary N) is 1. The number of ether oxygens (including phenoxy) is 1. The monoisotopic (exact) mass is 323 g/mol. The van der Waals surface area contributed by atoms with Gasteiger partial charge in [-0.2, -0.15) is 5.26 Å². The number of morpholine rings is 1. The van der Waals surface area contributed by atoms with Crippen LogP contribution in [0.25, 0.3) is 0 Å². The number of carbonyl (C=O) groups is 1. The van der Waals surface area contributed by atoms with E-state index in [1.165, 1.54) is 0 Å². The summed E-state index contributed by atoms with van der Waals surface area (Å²) in [5.74, 6) is -0.0693. The van der Waals surface area contributed by atoms with Gasteiger partial charge in [0.1, 0.15) is 12.1 Å². The summed E-state index contributed by atoms with van der Waals surface area (Å²) in [7, 11) is 1.61. The highest BCUT2D eigenvalue weighted by Crippen LogP contribution is 2.26. The molecule has 1 saturated heterocycles. The van der Waals surface area contributed by atoms with Crippen molar-refractivity contribution in [2.24, 2.45) is 0 Å². The van der Waals surface area contributed by atoms with Gasteiger partial charge < -0.3 is 15.0 Å². The van der Waals surface area contributed by atoms with Crippen molar-refractivity contribution in [3.05, 3.63) is 28.2 Å². The maximum Gasteiger partial charge on any atom is 0.244 e. The second kappa shape index (κ2) is 6.04. The molecular formula is C13H14BrN3O2. The average Bonchev–Trinajstić information content (AvgIpc) is 2.46. The number of hydrogen-bond donors (Lipinski definition) is 1. The van der Waals surface area contributed by atoms with Crippen LogP contribution in [0, 0.1) is 11.3 Å². The zero-order chi connectivity index (χ0) is 13.8. The highest BCUT2D eigenvalue weighted by Gasteiger charge is 2.29. The number of hydrogen-bond acceptors (Lipinski definition) is 4. The van der Waals surface area contributed by atoms with Crippen LogP contribution in [0.5, 0.6) is 0 Å². The first-order valence-electron chi connectivity index (χ1n) is 5.93. The van der Waals surface area contributed by atoms with Crippen molar-refractivity contribution < 1.29 is 9.53 Å². The molecule has 1 aliphatic heterocycles. The molecule has 1 aromatic carbocycles. The number of nitrogens with zero attached hydrogens (tertiary/aromatic N) is 2. The van der Waals surface area contributed by atoms with Crippen LogP contribution in [0.15, 0.2) is 22.7 Å². The molecule has 0 aromatic heterocycles. The van der Waals surface area contributed by atoms with E-state index in [1.807, 2.05) is 17.0 Å². The maximum atomic E-state index is 11.9. The zero-order valence-electron chi connectivity index (χ0n) is 10.5. The summed E-state index contributed by atoms with van der Waals surface area (Å²) in [4.78, 5) is 13.9. The Hall–Kier alpha value is -1.58. The van der Waals surface area contributed by atoms with Crippen LogP contribution in [0.3, 0.4) is 0 Å². The van der Waals surface area contributed by atoms with Gasteiger partial charge in [-0.15, -0.1) is 0 Å². The number of anilines is 1. The fourth-order valence-electron chi connectivity index (χ4n) is 2.07. The molecule has 6 heteroatoms. The van der Waals surface area contributed by atoms with Crippen molar-refractivity contribution in [1.29, 1.82) is 5.26 Å². The average molecular weight is 324 g/mol. The molecule has 0 bridgehead atoms. The maximum absolute atomic E-state index is 11.9. The Kier molecular flexibility index (Phi) is 4.40. The molecule has 0 radical (unpaired) electrons. The highest BCUT2D eigenvalue weighted by atomic mass is 79.9. The quantitative estimate of drug-likeness (QED) is 0.890. The molecule has 1 unspecified atom stereocenters. The first-order valence-corrected chi connectivity index (χ1v) is 6.72. The van der Waals surface area contributed by atoms with Gasteiger partial charge in [0, 0.05) is 23.8 Å². The van der Waals surface area contributed by atoms with Crippen LogP contribution < -0.4 is 10.2 Å². The minimum Gasteiger partial charge on any atom is -0.377 e. The fraction of sp³-hybridized carbons (Fsp3) is 0.385. The molecule has 1 N–H and O–H groups in total. The molecule has 5 nitrogen and oxygen atoms in total. The number of amides is 1. The lowest BCUT2D eigenvalue weighted by molar-refractivity contribution is -0.124. The van der Waals surface area contributed by atoms with Gasteiger partial charge in [0.05, 0.1) is 18.8 Å². The van der Waals surface area contributed by atoms with Crippen LogP contribution in [-0.2, 0) is 9.53 Å². The molecular weight excluding hydrogens is 310 g/mol. The van der Waals surface area contributed by atoms with E-state index in [1.54, 1.807) is 13.1 Å². The first kappa shape index (κ1) is 13.8. The Labute approximate surface area is 120 Å². The predicted octanol–water partition coefficient (Wildman–Crippen LogP) is 1.27. The summed E-state index contributed by atoms with van der Waals surface area (Å²) in [6.07, 6.45) is 0. The lowest BCUT2D eigenvalue weighted by Crippen LogP contribution is -2.53. The number of halogens is 1. The molecule has 0 aliphatic carbocycles. The third-order valence-electron chi connectivity index (χ3n) is 3.08. The smallest absolute Gasteiger partial charge is 0.244 e. The summed E-state index contributed by atoms with van der Waals surface area (Å²) < 4.78 is 6.10. The van der Waals surface area contributed by atoms with E-state index in [4.69, 9.17) is 10.00 Å². The van der Waals surface area contributed by atoms with Crippen molar-refractivity contribution >= 4 is 27.5 Å². The lowest BCUT2D eigenvalue weighted by atomic mass is 10.1. The standard InChI is InChI=1S/C13H14BrN3O2/c1-16-13(18)12-8-19-5-4-17(12)10-3-2-9(7-15)11(14)6-10/h2-3,6,12H,4-5,8H2,1H3,(H,16,18). The Morgan fingerprint density at radius 1 is 1.63 bits per heavy atom. The van der Waals surface area contributed by atoms with Crippen molar-refractivity contribution in [3.8, 4) is 6.07 Å². The van der Waals surface area contributed by atoms with Crippen LogP contribution in [0.4, 0.5) is 5.69 Å². The largest absolute Gasteiger partial charge is 0.377 e. The highest BCUT2D eigenvalue weighted by molar-refractivity contribution is 9.10. The molecule has 1 atom stereocenters. The van der Waals surface area contributed by atoms with Crippen molar-refractivity contribution in [2.45, 2.75) is 6.04 Å². The second-order valence-corrected chi connectivity index (χ2v) is 5.03. The first-order chi connectivity index (χ1) is 9.17. The third-order valence-corrected chi connectivity index (χ3v) is 3.74. The Morgan fingerprint density at radius 3 is 3.05 bits per heavy atom. The number of likely N-dealkylation sites (N-methyl/N-ethyl adjacent to an activating group) is 1. The molecule has 100 valence electrons. The molecule has 1 heterocycles. The minimum absolute atomic E-state index is 0.0693. The van der Waals surface area contributed by atoms with E-state index in [0.29, 0.717) is 25.3 Å². The van der Waals surface area contributed by atoms with Gasteiger partial charge in [0.2, 0.25) is 5.91 Å². The summed E-state index contributed by atoms with van der Waals surface area (Å²) in [6, 6.07) is 7.23. The molecule has 1 amide bonds. The summed E-state index contributed by atoms with van der Waals surface area (Å²) >= 11 is 3.37. The van der Waals surface area contributed by atoms with E-state index in [9.17, 15) is 4.79 Å². The van der Waals surface area contributed by atoms with E-state index in [2.05, 4.69) is 27.3 Å². The third kappa shape index (κ3) is 2.88. The van der Waals surface area contributed by atoms with Gasteiger partial charge in [-0.3, -0.25) is 4.79 Å². The topological polar surface area (TPSA) is 65.4 Å². The predicted molar refractivity (Wildman–Crippen MR) is 74.9 cm³/mol. The Bertz CT molecular complexity index is 527. The van der Waals surface area contributed by atoms with Crippen LogP contribution in [-0.4, -0.2) is 38.8 Å². The molecule has 0 saturated carbocycles. The second-order valence-electron chi connectivity index (χ2n) is 4.17. The Balaban J connectivity index is 2.30. The summed E-state index contributed by atoms with van der Waals surface area (Å²) in [6.45, 7) is 1.61. The number of rotatable bonds is 2. The van der Waals surface area contributed by atoms with Crippen molar-refractivity contribution in [2.75, 3.05) is 31.7 Å². The van der Waals surface area contributed by atoms with Crippen molar-refractivity contribution in [1.82, 2.24) is 5.32 Å². The number of carbonyl (C=O) groups excluding carboxylic acids is 1. The fourth-order valence-corrected chi connectivity index (χ4v) is 2.53. The number of benzene rings is 1. The van der Waals surface area contributed by atoms with Gasteiger partial charge in [-0.1, -0.05) is 0 Å². The van der Waals surface area contributed by atoms with E-state index < -0.39 is 0 Å². The van der Waals surface area contributed by atoms with Gasteiger partial charge in [-0.25, -0.2) is 0 Å².